The van der Waals surface area contributed by atoms with E-state index in [1.165, 1.54) is 10.7 Å². The first kappa shape index (κ1) is 17.9. The van der Waals surface area contributed by atoms with E-state index in [1.807, 2.05) is 35.0 Å². The average molecular weight is 377 g/mol. The highest BCUT2D eigenvalue weighted by molar-refractivity contribution is 5.92. The van der Waals surface area contributed by atoms with Gasteiger partial charge in [0.05, 0.1) is 11.7 Å². The number of nitrogens with zero attached hydrogens (tertiary/aromatic N) is 4. The van der Waals surface area contributed by atoms with E-state index >= 15 is 0 Å². The van der Waals surface area contributed by atoms with Crippen LogP contribution in [-0.4, -0.2) is 31.6 Å². The number of aryl methyl sites for hydroxylation is 2. The van der Waals surface area contributed by atoms with Crippen LogP contribution in [0.3, 0.4) is 0 Å². The number of carbonyl (C=O) groups is 1. The van der Waals surface area contributed by atoms with Crippen LogP contribution in [0.2, 0.25) is 0 Å². The fourth-order valence-corrected chi connectivity index (χ4v) is 3.18. The Kier molecular flexibility index (Phi) is 4.89. The maximum Gasteiger partial charge on any atom is 0.271 e. The van der Waals surface area contributed by atoms with Crippen LogP contribution in [0.15, 0.2) is 60.9 Å². The number of imidazole rings is 1. The number of hydrogen-bond acceptors (Lipinski definition) is 3. The van der Waals surface area contributed by atoms with E-state index in [9.17, 15) is 9.18 Å². The van der Waals surface area contributed by atoms with Crippen LogP contribution in [0.1, 0.15) is 28.4 Å². The summed E-state index contributed by atoms with van der Waals surface area (Å²) in [7, 11) is 0. The Hall–Kier alpha value is -3.48. The molecule has 4 rings (SSSR count). The molecule has 0 saturated heterocycles. The minimum atomic E-state index is -0.382. The first-order valence-corrected chi connectivity index (χ1v) is 9.14. The summed E-state index contributed by atoms with van der Waals surface area (Å²) in [6, 6.07) is 14.0. The molecule has 6 nitrogen and oxygen atoms in total. The molecule has 1 amide bonds. The highest BCUT2D eigenvalue weighted by Crippen LogP contribution is 2.15. The summed E-state index contributed by atoms with van der Waals surface area (Å²) < 4.78 is 17.5. The average Bonchev–Trinajstić information content (AvgIpc) is 3.29. The van der Waals surface area contributed by atoms with Gasteiger partial charge in [0.15, 0.2) is 5.69 Å². The lowest BCUT2D eigenvalue weighted by Crippen LogP contribution is -2.25. The van der Waals surface area contributed by atoms with Gasteiger partial charge in [-0.3, -0.25) is 4.79 Å². The fourth-order valence-electron chi connectivity index (χ4n) is 3.18. The van der Waals surface area contributed by atoms with Crippen LogP contribution in [-0.2, 0) is 6.42 Å². The second-order valence-electron chi connectivity index (χ2n) is 6.56. The van der Waals surface area contributed by atoms with Crippen molar-refractivity contribution >= 4 is 11.4 Å². The number of hydrogen-bond donors (Lipinski definition) is 1. The third kappa shape index (κ3) is 3.51. The standard InChI is InChI=1S/C21H20FN5O/c1-15-13-18(25-27(15)19-9-3-2-8-17(19)22)21(28)23-11-6-10-20-24-14-16-7-4-5-12-26(16)20/h2-5,7-9,12-14H,6,10-11H2,1H3,(H,23,28). The normalized spacial score (nSPS) is 11.1. The van der Waals surface area contributed by atoms with Crippen LogP contribution in [0.5, 0.6) is 0 Å². The van der Waals surface area contributed by atoms with E-state index in [0.717, 1.165) is 24.2 Å². The Labute approximate surface area is 161 Å². The zero-order valence-electron chi connectivity index (χ0n) is 15.5. The number of aromatic nitrogens is 4. The van der Waals surface area contributed by atoms with Crippen molar-refractivity contribution in [2.45, 2.75) is 19.8 Å². The molecule has 28 heavy (non-hydrogen) atoms. The second-order valence-corrected chi connectivity index (χ2v) is 6.56. The van der Waals surface area contributed by atoms with Gasteiger partial charge in [-0.2, -0.15) is 5.10 Å². The Balaban J connectivity index is 1.37. The van der Waals surface area contributed by atoms with Crippen LogP contribution < -0.4 is 5.32 Å². The van der Waals surface area contributed by atoms with Gasteiger partial charge in [0.25, 0.3) is 5.91 Å². The van der Waals surface area contributed by atoms with E-state index in [4.69, 9.17) is 0 Å². The predicted octanol–water partition coefficient (Wildman–Crippen LogP) is 3.33. The largest absolute Gasteiger partial charge is 0.351 e. The van der Waals surface area contributed by atoms with Crippen molar-refractivity contribution in [3.8, 4) is 5.69 Å². The molecule has 0 fully saturated rings. The van der Waals surface area contributed by atoms with Gasteiger partial charge in [0.2, 0.25) is 0 Å². The Morgan fingerprint density at radius 3 is 2.86 bits per heavy atom. The summed E-state index contributed by atoms with van der Waals surface area (Å²) in [6.07, 6.45) is 5.33. The molecule has 0 aliphatic rings. The summed E-state index contributed by atoms with van der Waals surface area (Å²) in [5, 5.41) is 7.13. The van der Waals surface area contributed by atoms with E-state index in [2.05, 4.69) is 15.4 Å². The van der Waals surface area contributed by atoms with Crippen molar-refractivity contribution in [2.24, 2.45) is 0 Å². The molecule has 7 heteroatoms. The first-order chi connectivity index (χ1) is 13.6. The number of rotatable bonds is 6. The van der Waals surface area contributed by atoms with Crippen molar-refractivity contribution in [3.05, 3.63) is 84.0 Å². The maximum atomic E-state index is 14.0. The molecule has 0 saturated carbocycles. The van der Waals surface area contributed by atoms with Crippen LogP contribution in [0, 0.1) is 12.7 Å². The lowest BCUT2D eigenvalue weighted by molar-refractivity contribution is 0.0947. The zero-order valence-corrected chi connectivity index (χ0v) is 15.5. The molecule has 0 bridgehead atoms. The van der Waals surface area contributed by atoms with E-state index in [0.29, 0.717) is 17.9 Å². The van der Waals surface area contributed by atoms with Crippen LogP contribution in [0.4, 0.5) is 4.39 Å². The Morgan fingerprint density at radius 2 is 2.00 bits per heavy atom. The second kappa shape index (κ2) is 7.64. The number of amides is 1. The summed E-state index contributed by atoms with van der Waals surface area (Å²) in [5.41, 5.74) is 2.34. The highest BCUT2D eigenvalue weighted by Gasteiger charge is 2.15. The third-order valence-electron chi connectivity index (χ3n) is 4.58. The zero-order chi connectivity index (χ0) is 19.5. The summed E-state index contributed by atoms with van der Waals surface area (Å²) in [6.45, 7) is 2.30. The number of benzene rings is 1. The van der Waals surface area contributed by atoms with Gasteiger partial charge in [-0.05, 0) is 43.7 Å². The number of carbonyl (C=O) groups excluding carboxylic acids is 1. The molecule has 0 spiro atoms. The summed E-state index contributed by atoms with van der Waals surface area (Å²) in [4.78, 5) is 16.8. The smallest absolute Gasteiger partial charge is 0.271 e. The van der Waals surface area contributed by atoms with Gasteiger partial charge in [0.1, 0.15) is 17.3 Å². The molecule has 1 N–H and O–H groups in total. The molecular formula is C21H20FN5O. The van der Waals surface area contributed by atoms with Gasteiger partial charge in [0, 0.05) is 24.9 Å². The van der Waals surface area contributed by atoms with E-state index < -0.39 is 0 Å². The van der Waals surface area contributed by atoms with Gasteiger partial charge in [-0.1, -0.05) is 18.2 Å². The maximum absolute atomic E-state index is 14.0. The van der Waals surface area contributed by atoms with Crippen molar-refractivity contribution in [1.29, 1.82) is 0 Å². The molecule has 3 heterocycles. The quantitative estimate of drug-likeness (QED) is 0.524. The summed E-state index contributed by atoms with van der Waals surface area (Å²) in [5.74, 6) is 0.309. The molecule has 0 radical (unpaired) electrons. The molecule has 0 aliphatic carbocycles. The lowest BCUT2D eigenvalue weighted by atomic mass is 10.3. The molecule has 0 aliphatic heterocycles. The molecule has 1 aromatic carbocycles. The van der Waals surface area contributed by atoms with Crippen molar-refractivity contribution in [3.63, 3.8) is 0 Å². The minimum Gasteiger partial charge on any atom is -0.351 e. The summed E-state index contributed by atoms with van der Waals surface area (Å²) >= 11 is 0. The van der Waals surface area contributed by atoms with Gasteiger partial charge in [-0.25, -0.2) is 14.1 Å². The fraction of sp³-hybridized carbons (Fsp3) is 0.190. The van der Waals surface area contributed by atoms with Crippen molar-refractivity contribution in [1.82, 2.24) is 24.5 Å². The monoisotopic (exact) mass is 377 g/mol. The molecule has 0 atom stereocenters. The Morgan fingerprint density at radius 1 is 1.18 bits per heavy atom. The van der Waals surface area contributed by atoms with Gasteiger partial charge >= 0.3 is 0 Å². The van der Waals surface area contributed by atoms with Gasteiger partial charge < -0.3 is 9.72 Å². The minimum absolute atomic E-state index is 0.270. The molecule has 4 aromatic rings. The number of halogens is 1. The predicted molar refractivity (Wildman–Crippen MR) is 104 cm³/mol. The highest BCUT2D eigenvalue weighted by atomic mass is 19.1. The molecule has 3 aromatic heterocycles. The third-order valence-corrected chi connectivity index (χ3v) is 4.58. The van der Waals surface area contributed by atoms with Crippen molar-refractivity contribution in [2.75, 3.05) is 6.54 Å². The van der Waals surface area contributed by atoms with Crippen LogP contribution in [0.25, 0.3) is 11.2 Å². The number of para-hydroxylation sites is 1. The number of fused-ring (bicyclic) bond motifs is 1. The molecule has 142 valence electrons. The van der Waals surface area contributed by atoms with Crippen molar-refractivity contribution < 1.29 is 9.18 Å². The number of nitrogens with one attached hydrogen (secondary N) is 1. The molecular weight excluding hydrogens is 357 g/mol. The SMILES string of the molecule is Cc1cc(C(=O)NCCCc2ncc3ccccn23)nn1-c1ccccc1F. The van der Waals surface area contributed by atoms with E-state index in [-0.39, 0.29) is 17.4 Å². The molecule has 0 unspecified atom stereocenters. The van der Waals surface area contributed by atoms with Crippen LogP contribution >= 0.6 is 0 Å². The Bertz CT molecular complexity index is 1130. The van der Waals surface area contributed by atoms with E-state index in [1.54, 1.807) is 31.2 Å². The number of pyridine rings is 1. The first-order valence-electron chi connectivity index (χ1n) is 9.14. The topological polar surface area (TPSA) is 64.2 Å². The lowest BCUT2D eigenvalue weighted by Gasteiger charge is -2.05. The van der Waals surface area contributed by atoms with Gasteiger partial charge in [-0.15, -0.1) is 0 Å².